The van der Waals surface area contributed by atoms with Gasteiger partial charge < -0.3 is 29.2 Å². The fraction of sp³-hybridized carbons (Fsp3) is 0.333. The highest BCUT2D eigenvalue weighted by Gasteiger charge is 2.34. The van der Waals surface area contributed by atoms with Crippen molar-refractivity contribution in [3.05, 3.63) is 47.0 Å². The molecule has 0 aromatic heterocycles. The minimum absolute atomic E-state index is 0.0771. The van der Waals surface area contributed by atoms with Crippen LogP contribution in [0, 0.1) is 0 Å². The number of halogens is 1. The van der Waals surface area contributed by atoms with E-state index in [2.05, 4.69) is 5.32 Å². The van der Waals surface area contributed by atoms with Gasteiger partial charge in [-0.05, 0) is 35.9 Å². The number of hydrogen-bond donors (Lipinski definition) is 1. The van der Waals surface area contributed by atoms with Crippen LogP contribution in [-0.2, 0) is 20.9 Å². The topological polar surface area (TPSA) is 86.3 Å². The first kappa shape index (κ1) is 21.7. The van der Waals surface area contributed by atoms with Gasteiger partial charge in [0.05, 0.1) is 33.6 Å². The molecule has 1 atom stereocenters. The molecular weight excluding hydrogens is 412 g/mol. The van der Waals surface area contributed by atoms with Crippen LogP contribution in [0.1, 0.15) is 5.56 Å². The molecule has 8 nitrogen and oxygen atoms in total. The molecule has 1 fully saturated rings. The summed E-state index contributed by atoms with van der Waals surface area (Å²) in [4.78, 5) is 27.0. The van der Waals surface area contributed by atoms with E-state index in [0.29, 0.717) is 28.0 Å². The summed E-state index contributed by atoms with van der Waals surface area (Å²) < 4.78 is 21.2. The van der Waals surface area contributed by atoms with Gasteiger partial charge in [-0.3, -0.25) is 9.59 Å². The molecule has 160 valence electrons. The first-order chi connectivity index (χ1) is 14.5. The summed E-state index contributed by atoms with van der Waals surface area (Å²) in [6.07, 6.45) is 0. The molecule has 30 heavy (non-hydrogen) atoms. The normalized spacial score (nSPS) is 16.2. The van der Waals surface area contributed by atoms with Crippen LogP contribution in [0.4, 0.5) is 5.69 Å². The van der Waals surface area contributed by atoms with Gasteiger partial charge in [0, 0.05) is 11.6 Å². The van der Waals surface area contributed by atoms with Gasteiger partial charge in [-0.1, -0.05) is 17.7 Å². The number of morpholine rings is 1. The highest BCUT2D eigenvalue weighted by Crippen LogP contribution is 2.30. The number of rotatable bonds is 7. The molecule has 1 aliphatic rings. The van der Waals surface area contributed by atoms with Gasteiger partial charge >= 0.3 is 0 Å². The van der Waals surface area contributed by atoms with Gasteiger partial charge in [0.2, 0.25) is 11.8 Å². The highest BCUT2D eigenvalue weighted by molar-refractivity contribution is 6.31. The molecule has 1 heterocycles. The third kappa shape index (κ3) is 4.77. The quantitative estimate of drug-likeness (QED) is 0.721. The van der Waals surface area contributed by atoms with Gasteiger partial charge in [0.15, 0.2) is 11.5 Å². The van der Waals surface area contributed by atoms with Crippen molar-refractivity contribution in [3.63, 3.8) is 0 Å². The molecule has 0 unspecified atom stereocenters. The van der Waals surface area contributed by atoms with Crippen molar-refractivity contribution >= 4 is 29.1 Å². The molecule has 2 amide bonds. The van der Waals surface area contributed by atoms with E-state index < -0.39 is 11.9 Å². The summed E-state index contributed by atoms with van der Waals surface area (Å²) in [6.45, 7) is 0.207. The number of methoxy groups -OCH3 is 3. The number of ether oxygens (including phenoxy) is 4. The predicted molar refractivity (Wildman–Crippen MR) is 111 cm³/mol. The molecule has 2 aromatic rings. The van der Waals surface area contributed by atoms with Crippen molar-refractivity contribution in [2.45, 2.75) is 12.6 Å². The minimum Gasteiger partial charge on any atom is -0.495 e. The van der Waals surface area contributed by atoms with Crippen LogP contribution in [0.5, 0.6) is 17.2 Å². The maximum atomic E-state index is 13.0. The highest BCUT2D eigenvalue weighted by atomic mass is 35.5. The Labute approximate surface area is 179 Å². The van der Waals surface area contributed by atoms with Crippen molar-refractivity contribution in [3.8, 4) is 17.2 Å². The molecule has 0 radical (unpaired) electrons. The van der Waals surface area contributed by atoms with Crippen LogP contribution >= 0.6 is 11.6 Å². The monoisotopic (exact) mass is 434 g/mol. The van der Waals surface area contributed by atoms with Crippen molar-refractivity contribution in [1.82, 2.24) is 4.90 Å². The van der Waals surface area contributed by atoms with Crippen LogP contribution in [0.15, 0.2) is 36.4 Å². The fourth-order valence-electron chi connectivity index (χ4n) is 3.19. The van der Waals surface area contributed by atoms with E-state index in [0.717, 1.165) is 5.56 Å². The summed E-state index contributed by atoms with van der Waals surface area (Å²) in [5.41, 5.74) is 1.21. The Morgan fingerprint density at radius 3 is 2.50 bits per heavy atom. The first-order valence-corrected chi connectivity index (χ1v) is 9.57. The number of amides is 2. The number of benzene rings is 2. The summed E-state index contributed by atoms with van der Waals surface area (Å²) in [5.74, 6) is 0.901. The van der Waals surface area contributed by atoms with Gasteiger partial charge in [-0.15, -0.1) is 0 Å². The van der Waals surface area contributed by atoms with Crippen LogP contribution < -0.4 is 19.5 Å². The molecule has 0 spiro atoms. The molecule has 0 saturated carbocycles. The van der Waals surface area contributed by atoms with Gasteiger partial charge in [0.1, 0.15) is 18.4 Å². The fourth-order valence-corrected chi connectivity index (χ4v) is 3.36. The molecule has 2 aromatic carbocycles. The molecule has 0 aliphatic carbocycles. The zero-order valence-electron chi connectivity index (χ0n) is 16.9. The standard InChI is InChI=1S/C21H23ClN2O6/c1-27-17-7-5-14(22)9-15(17)23-21(26)16-11-30-12-20(25)24(16)10-13-4-6-18(28-2)19(8-13)29-3/h4-9,16H,10-12H2,1-3H3,(H,23,26)/t16-/m0/s1. The number of hydrogen-bond acceptors (Lipinski definition) is 6. The summed E-state index contributed by atoms with van der Waals surface area (Å²) in [5, 5.41) is 3.23. The largest absolute Gasteiger partial charge is 0.495 e. The molecule has 1 aliphatic heterocycles. The number of carbonyl (C=O) groups excluding carboxylic acids is 2. The number of nitrogens with one attached hydrogen (secondary N) is 1. The zero-order valence-corrected chi connectivity index (χ0v) is 17.7. The molecule has 1 N–H and O–H groups in total. The number of carbonyl (C=O) groups is 2. The Morgan fingerprint density at radius 2 is 1.80 bits per heavy atom. The lowest BCUT2D eigenvalue weighted by molar-refractivity contribution is -0.154. The molecular formula is C21H23ClN2O6. The SMILES string of the molecule is COc1ccc(Cl)cc1NC(=O)[C@@H]1COCC(=O)N1Cc1ccc(OC)c(OC)c1. The average molecular weight is 435 g/mol. The van der Waals surface area contributed by atoms with Gasteiger partial charge in [-0.25, -0.2) is 0 Å². The molecule has 9 heteroatoms. The Balaban J connectivity index is 1.82. The molecule has 0 bridgehead atoms. The second-order valence-electron chi connectivity index (χ2n) is 6.58. The number of nitrogens with zero attached hydrogens (tertiary/aromatic N) is 1. The van der Waals surface area contributed by atoms with E-state index in [1.54, 1.807) is 37.4 Å². The van der Waals surface area contributed by atoms with Crippen molar-refractivity contribution in [2.24, 2.45) is 0 Å². The zero-order chi connectivity index (χ0) is 21.7. The third-order valence-corrected chi connectivity index (χ3v) is 4.96. The van der Waals surface area contributed by atoms with Crippen LogP contribution in [0.3, 0.4) is 0 Å². The van der Waals surface area contributed by atoms with E-state index in [-0.39, 0.29) is 25.7 Å². The minimum atomic E-state index is -0.817. The Hall–Kier alpha value is -2.97. The lowest BCUT2D eigenvalue weighted by atomic mass is 10.1. The first-order valence-electron chi connectivity index (χ1n) is 9.19. The Bertz CT molecular complexity index is 936. The second kappa shape index (κ2) is 9.69. The lowest BCUT2D eigenvalue weighted by Crippen LogP contribution is -2.54. The van der Waals surface area contributed by atoms with Gasteiger partial charge in [-0.2, -0.15) is 0 Å². The third-order valence-electron chi connectivity index (χ3n) is 4.72. The van der Waals surface area contributed by atoms with Crippen molar-refractivity contribution in [1.29, 1.82) is 0 Å². The van der Waals surface area contributed by atoms with E-state index in [1.807, 2.05) is 6.07 Å². The molecule has 1 saturated heterocycles. The average Bonchev–Trinajstić information content (AvgIpc) is 2.75. The number of anilines is 1. The lowest BCUT2D eigenvalue weighted by Gasteiger charge is -2.34. The van der Waals surface area contributed by atoms with E-state index in [4.69, 9.17) is 30.5 Å². The molecule has 3 rings (SSSR count). The second-order valence-corrected chi connectivity index (χ2v) is 7.01. The summed E-state index contributed by atoms with van der Waals surface area (Å²) in [7, 11) is 4.58. The Morgan fingerprint density at radius 1 is 1.10 bits per heavy atom. The maximum absolute atomic E-state index is 13.0. The van der Waals surface area contributed by atoms with E-state index in [1.165, 1.54) is 19.1 Å². The summed E-state index contributed by atoms with van der Waals surface area (Å²) >= 11 is 6.04. The van der Waals surface area contributed by atoms with Crippen LogP contribution in [-0.4, -0.2) is 57.3 Å². The van der Waals surface area contributed by atoms with Crippen LogP contribution in [0.25, 0.3) is 0 Å². The Kier molecular flexibility index (Phi) is 7.02. The van der Waals surface area contributed by atoms with Gasteiger partial charge in [0.25, 0.3) is 0 Å². The maximum Gasteiger partial charge on any atom is 0.249 e. The predicted octanol–water partition coefficient (Wildman–Crippen LogP) is 2.73. The smallest absolute Gasteiger partial charge is 0.249 e. The van der Waals surface area contributed by atoms with Crippen molar-refractivity contribution < 1.29 is 28.5 Å². The van der Waals surface area contributed by atoms with E-state index in [9.17, 15) is 9.59 Å². The van der Waals surface area contributed by atoms with Crippen LogP contribution in [0.2, 0.25) is 5.02 Å². The van der Waals surface area contributed by atoms with E-state index >= 15 is 0 Å². The summed E-state index contributed by atoms with van der Waals surface area (Å²) in [6, 6.07) is 9.43. The van der Waals surface area contributed by atoms with Crippen molar-refractivity contribution in [2.75, 3.05) is 39.9 Å².